The van der Waals surface area contributed by atoms with E-state index in [1.165, 1.54) is 27.2 Å². The molecule has 1 aromatic heterocycles. The van der Waals surface area contributed by atoms with Crippen molar-refractivity contribution in [2.75, 3.05) is 11.6 Å². The van der Waals surface area contributed by atoms with Gasteiger partial charge in [-0.25, -0.2) is 4.68 Å². The van der Waals surface area contributed by atoms with Gasteiger partial charge in [0.2, 0.25) is 11.1 Å². The maximum absolute atomic E-state index is 13.1. The molecule has 6 nitrogen and oxygen atoms in total. The van der Waals surface area contributed by atoms with Gasteiger partial charge in [-0.1, -0.05) is 84.6 Å². The van der Waals surface area contributed by atoms with E-state index in [0.717, 1.165) is 11.1 Å². The average Bonchev–Trinajstić information content (AvgIpc) is 3.15. The smallest absolute Gasteiger partial charge is 0.233 e. The Labute approximate surface area is 198 Å². The summed E-state index contributed by atoms with van der Waals surface area (Å²) in [5, 5.41) is 11.4. The van der Waals surface area contributed by atoms with E-state index in [4.69, 9.17) is 5.84 Å². The number of benzene rings is 3. The number of rotatable bonds is 7. The average molecular weight is 460 g/mol. The Morgan fingerprint density at radius 2 is 1.67 bits per heavy atom. The summed E-state index contributed by atoms with van der Waals surface area (Å²) >= 11 is 1.32. The van der Waals surface area contributed by atoms with Crippen LogP contribution >= 0.6 is 11.8 Å². The minimum atomic E-state index is -0.302. The molecule has 0 saturated heterocycles. The summed E-state index contributed by atoms with van der Waals surface area (Å²) in [5.41, 5.74) is 1.94. The molecule has 0 spiro atoms. The summed E-state index contributed by atoms with van der Waals surface area (Å²) in [6.07, 6.45) is 0.571. The van der Waals surface area contributed by atoms with E-state index < -0.39 is 0 Å². The van der Waals surface area contributed by atoms with Gasteiger partial charge < -0.3 is 10.7 Å². The number of amides is 1. The normalized spacial score (nSPS) is 11.6. The number of thioether (sulfide) groups is 1. The van der Waals surface area contributed by atoms with Crippen LogP contribution in [0.5, 0.6) is 0 Å². The van der Waals surface area contributed by atoms with Crippen molar-refractivity contribution in [2.45, 2.75) is 44.4 Å². The van der Waals surface area contributed by atoms with Crippen LogP contribution in [-0.4, -0.2) is 37.0 Å². The zero-order chi connectivity index (χ0) is 23.4. The zero-order valence-electron chi connectivity index (χ0n) is 19.2. The number of hydrogen-bond donors (Lipinski definition) is 1. The van der Waals surface area contributed by atoms with E-state index >= 15 is 0 Å². The molecule has 0 fully saturated rings. The number of nitrogens with zero attached hydrogens (tertiary/aromatic N) is 4. The molecule has 0 aliphatic rings. The highest BCUT2D eigenvalue weighted by Gasteiger charge is 2.27. The van der Waals surface area contributed by atoms with Gasteiger partial charge in [0.1, 0.15) is 0 Å². The summed E-state index contributed by atoms with van der Waals surface area (Å²) in [6.45, 7) is 6.70. The highest BCUT2D eigenvalue weighted by molar-refractivity contribution is 7.99. The first kappa shape index (κ1) is 22.9. The van der Waals surface area contributed by atoms with Crippen molar-refractivity contribution < 1.29 is 4.79 Å². The van der Waals surface area contributed by atoms with Gasteiger partial charge in [-0.2, -0.15) is 0 Å². The molecule has 170 valence electrons. The molecule has 0 atom stereocenters. The number of carbonyl (C=O) groups excluding carboxylic acids is 1. The second kappa shape index (κ2) is 9.67. The topological polar surface area (TPSA) is 77.0 Å². The number of nitrogen functional groups attached to an aromatic ring is 1. The monoisotopic (exact) mass is 459 g/mol. The standard InChI is InChI=1S/C26H29N5OS/c1-26(2,3)30(17-19-10-5-4-6-11-19)24(32)18-33-25-29-28-23(31(25)27)16-21-14-9-13-20-12-7-8-15-22(20)21/h4-15H,16-18,27H2,1-3H3. The highest BCUT2D eigenvalue weighted by atomic mass is 32.2. The van der Waals surface area contributed by atoms with Crippen molar-refractivity contribution in [3.05, 3.63) is 89.7 Å². The maximum atomic E-state index is 13.1. The van der Waals surface area contributed by atoms with E-state index in [-0.39, 0.29) is 17.2 Å². The summed E-state index contributed by atoms with van der Waals surface area (Å²) < 4.78 is 1.50. The molecular weight excluding hydrogens is 430 g/mol. The molecule has 1 amide bonds. The van der Waals surface area contributed by atoms with Crippen molar-refractivity contribution in [1.29, 1.82) is 0 Å². The summed E-state index contributed by atoms with van der Waals surface area (Å²) in [5.74, 6) is 7.26. The van der Waals surface area contributed by atoms with Crippen LogP contribution in [0.1, 0.15) is 37.7 Å². The molecule has 3 aromatic carbocycles. The Morgan fingerprint density at radius 3 is 2.42 bits per heavy atom. The molecule has 0 aliphatic carbocycles. The summed E-state index contributed by atoms with van der Waals surface area (Å²) in [7, 11) is 0. The molecule has 4 rings (SSSR count). The SMILES string of the molecule is CC(C)(C)N(Cc1ccccc1)C(=O)CSc1nnc(Cc2cccc3ccccc23)n1N. The van der Waals surface area contributed by atoms with Crippen LogP contribution in [0.4, 0.5) is 0 Å². The third kappa shape index (κ3) is 5.37. The molecule has 7 heteroatoms. The molecule has 0 unspecified atom stereocenters. The van der Waals surface area contributed by atoms with Crippen LogP contribution in [0.25, 0.3) is 10.8 Å². The number of carbonyl (C=O) groups is 1. The zero-order valence-corrected chi connectivity index (χ0v) is 20.0. The third-order valence-corrected chi connectivity index (χ3v) is 6.51. The van der Waals surface area contributed by atoms with E-state index in [9.17, 15) is 4.79 Å². The number of aromatic nitrogens is 3. The van der Waals surface area contributed by atoms with E-state index in [0.29, 0.717) is 23.9 Å². The lowest BCUT2D eigenvalue weighted by atomic mass is 10.0. The van der Waals surface area contributed by atoms with Crippen LogP contribution in [0.2, 0.25) is 0 Å². The molecule has 0 bridgehead atoms. The molecule has 2 N–H and O–H groups in total. The van der Waals surface area contributed by atoms with Crippen molar-refractivity contribution in [3.63, 3.8) is 0 Å². The lowest BCUT2D eigenvalue weighted by Gasteiger charge is -2.36. The molecule has 0 saturated carbocycles. The fraction of sp³-hybridized carbons (Fsp3) is 0.269. The van der Waals surface area contributed by atoms with Gasteiger partial charge in [-0.3, -0.25) is 4.79 Å². The Hall–Kier alpha value is -3.32. The van der Waals surface area contributed by atoms with Gasteiger partial charge in [-0.05, 0) is 42.7 Å². The molecular formula is C26H29N5OS. The van der Waals surface area contributed by atoms with Crippen LogP contribution in [0, 0.1) is 0 Å². The van der Waals surface area contributed by atoms with Gasteiger partial charge in [0.05, 0.1) is 5.75 Å². The first-order chi connectivity index (χ1) is 15.8. The number of hydrogen-bond acceptors (Lipinski definition) is 5. The molecule has 0 aliphatic heterocycles. The lowest BCUT2D eigenvalue weighted by Crippen LogP contribution is -2.46. The predicted octanol–water partition coefficient (Wildman–Crippen LogP) is 4.66. The van der Waals surface area contributed by atoms with Gasteiger partial charge in [0.15, 0.2) is 5.82 Å². The van der Waals surface area contributed by atoms with Crippen molar-refractivity contribution in [3.8, 4) is 0 Å². The van der Waals surface area contributed by atoms with Crippen molar-refractivity contribution in [1.82, 2.24) is 19.8 Å². The first-order valence-corrected chi connectivity index (χ1v) is 11.9. The minimum Gasteiger partial charge on any atom is -0.336 e. The van der Waals surface area contributed by atoms with Crippen LogP contribution < -0.4 is 5.84 Å². The van der Waals surface area contributed by atoms with Crippen LogP contribution in [-0.2, 0) is 17.8 Å². The Kier molecular flexibility index (Phi) is 6.70. The first-order valence-electron chi connectivity index (χ1n) is 11.0. The van der Waals surface area contributed by atoms with Crippen LogP contribution in [0.3, 0.4) is 0 Å². The van der Waals surface area contributed by atoms with Crippen molar-refractivity contribution >= 4 is 28.4 Å². The van der Waals surface area contributed by atoms with E-state index in [1.54, 1.807) is 0 Å². The quantitative estimate of drug-likeness (QED) is 0.321. The third-order valence-electron chi connectivity index (χ3n) is 5.58. The minimum absolute atomic E-state index is 0.0370. The fourth-order valence-corrected chi connectivity index (χ4v) is 4.56. The van der Waals surface area contributed by atoms with Crippen LogP contribution in [0.15, 0.2) is 78.0 Å². The maximum Gasteiger partial charge on any atom is 0.233 e. The molecule has 1 heterocycles. The van der Waals surface area contributed by atoms with Gasteiger partial charge in [-0.15, -0.1) is 10.2 Å². The Balaban J connectivity index is 1.46. The molecule has 33 heavy (non-hydrogen) atoms. The van der Waals surface area contributed by atoms with Gasteiger partial charge in [0, 0.05) is 18.5 Å². The second-order valence-electron chi connectivity index (χ2n) is 9.01. The Bertz CT molecular complexity index is 1240. The Morgan fingerprint density at radius 1 is 0.970 bits per heavy atom. The summed E-state index contributed by atoms with van der Waals surface area (Å²) in [4.78, 5) is 15.0. The van der Waals surface area contributed by atoms with Gasteiger partial charge >= 0.3 is 0 Å². The van der Waals surface area contributed by atoms with Crippen molar-refractivity contribution in [2.24, 2.45) is 0 Å². The number of fused-ring (bicyclic) bond motifs is 1. The van der Waals surface area contributed by atoms with E-state index in [1.807, 2.05) is 74.2 Å². The lowest BCUT2D eigenvalue weighted by molar-refractivity contribution is -0.133. The molecule has 0 radical (unpaired) electrons. The largest absolute Gasteiger partial charge is 0.336 e. The van der Waals surface area contributed by atoms with Gasteiger partial charge in [0.25, 0.3) is 0 Å². The highest BCUT2D eigenvalue weighted by Crippen LogP contribution is 2.24. The number of nitrogens with two attached hydrogens (primary N) is 1. The second-order valence-corrected chi connectivity index (χ2v) is 9.95. The fourth-order valence-electron chi connectivity index (χ4n) is 3.81. The predicted molar refractivity (Wildman–Crippen MR) is 134 cm³/mol. The summed E-state index contributed by atoms with van der Waals surface area (Å²) in [6, 6.07) is 24.5. The van der Waals surface area contributed by atoms with E-state index in [2.05, 4.69) is 34.5 Å². The molecule has 4 aromatic rings.